The molecule has 0 aromatic rings. The maximum absolute atomic E-state index is 11.3. The average Bonchev–Trinajstić information content (AvgIpc) is 2.25. The summed E-state index contributed by atoms with van der Waals surface area (Å²) in [6, 6.07) is 0. The molecule has 0 saturated carbocycles. The molecule has 1 aliphatic rings. The van der Waals surface area contributed by atoms with Gasteiger partial charge in [0, 0.05) is 32.7 Å². The summed E-state index contributed by atoms with van der Waals surface area (Å²) in [7, 11) is -3.47. The van der Waals surface area contributed by atoms with Crippen molar-refractivity contribution in [3.05, 3.63) is 0 Å². The van der Waals surface area contributed by atoms with Crippen LogP contribution in [0.4, 0.5) is 0 Å². The van der Waals surface area contributed by atoms with Gasteiger partial charge in [0.1, 0.15) is 0 Å². The number of piperazine rings is 1. The summed E-state index contributed by atoms with van der Waals surface area (Å²) in [5.74, 6) is -0.00694. The van der Waals surface area contributed by atoms with Gasteiger partial charge in [-0.25, -0.2) is 0 Å². The average molecular weight is 278 g/mol. The van der Waals surface area contributed by atoms with Crippen LogP contribution in [0.15, 0.2) is 0 Å². The predicted molar refractivity (Wildman–Crippen MR) is 57.2 cm³/mol. The fourth-order valence-electron chi connectivity index (χ4n) is 1.40. The molecule has 8 heteroatoms. The summed E-state index contributed by atoms with van der Waals surface area (Å²) in [6.45, 7) is 3.62. The molecule has 0 aliphatic carbocycles. The van der Waals surface area contributed by atoms with Gasteiger partial charge in [-0.05, 0) is 0 Å². The van der Waals surface area contributed by atoms with Gasteiger partial charge >= 0.3 is 51.4 Å². The van der Waals surface area contributed by atoms with Crippen molar-refractivity contribution in [3.8, 4) is 0 Å². The SMILES string of the molecule is O=S(=O)(CCN1CCNCC1)OCCO.[H-].[K+]. The molecular formula is C8H19KN2O4S. The van der Waals surface area contributed by atoms with E-state index in [0.717, 1.165) is 26.2 Å². The first kappa shape index (κ1) is 17.4. The molecule has 1 aliphatic heterocycles. The van der Waals surface area contributed by atoms with E-state index in [1.165, 1.54) is 0 Å². The summed E-state index contributed by atoms with van der Waals surface area (Å²) in [5.41, 5.74) is 0. The number of hydrogen-bond acceptors (Lipinski definition) is 6. The summed E-state index contributed by atoms with van der Waals surface area (Å²) in [6.07, 6.45) is 0. The summed E-state index contributed by atoms with van der Waals surface area (Å²) in [4.78, 5) is 2.08. The molecule has 6 nitrogen and oxygen atoms in total. The first-order valence-electron chi connectivity index (χ1n) is 5.05. The van der Waals surface area contributed by atoms with E-state index in [-0.39, 0.29) is 71.8 Å². The fourth-order valence-corrected chi connectivity index (χ4v) is 2.33. The molecule has 16 heavy (non-hydrogen) atoms. The van der Waals surface area contributed by atoms with Crippen LogP contribution in [-0.2, 0) is 14.3 Å². The zero-order chi connectivity index (χ0) is 11.1. The third-order valence-corrected chi connectivity index (χ3v) is 3.43. The first-order chi connectivity index (χ1) is 7.14. The molecular weight excluding hydrogens is 259 g/mol. The van der Waals surface area contributed by atoms with Crippen molar-refractivity contribution in [2.75, 3.05) is 51.7 Å². The van der Waals surface area contributed by atoms with E-state index in [9.17, 15) is 8.42 Å². The molecule has 0 aromatic carbocycles. The Hall–Kier alpha value is 1.43. The third-order valence-electron chi connectivity index (χ3n) is 2.22. The maximum atomic E-state index is 11.3. The summed E-state index contributed by atoms with van der Waals surface area (Å²) < 4.78 is 27.1. The molecule has 0 spiro atoms. The minimum absolute atomic E-state index is 0. The van der Waals surface area contributed by atoms with Crippen molar-refractivity contribution in [2.45, 2.75) is 0 Å². The Bertz CT molecular complexity index is 273. The van der Waals surface area contributed by atoms with Gasteiger partial charge in [0.25, 0.3) is 10.1 Å². The molecule has 1 saturated heterocycles. The van der Waals surface area contributed by atoms with E-state index < -0.39 is 10.1 Å². The minimum atomic E-state index is -3.47. The van der Waals surface area contributed by atoms with Crippen LogP contribution < -0.4 is 56.7 Å². The molecule has 1 fully saturated rings. The molecule has 0 aromatic heterocycles. The number of nitrogens with one attached hydrogen (secondary N) is 1. The molecule has 1 rings (SSSR count). The van der Waals surface area contributed by atoms with Gasteiger partial charge in [0.2, 0.25) is 0 Å². The molecule has 0 amide bonds. The second-order valence-corrected chi connectivity index (χ2v) is 5.16. The van der Waals surface area contributed by atoms with Gasteiger partial charge in [0.15, 0.2) is 0 Å². The van der Waals surface area contributed by atoms with E-state index in [2.05, 4.69) is 14.4 Å². The Labute approximate surface area is 141 Å². The van der Waals surface area contributed by atoms with Crippen LogP contribution in [0.25, 0.3) is 0 Å². The Kier molecular flexibility index (Phi) is 10.2. The fraction of sp³-hybridized carbons (Fsp3) is 1.00. The van der Waals surface area contributed by atoms with Crippen LogP contribution in [-0.4, -0.2) is 70.1 Å². The quantitative estimate of drug-likeness (QED) is 0.376. The summed E-state index contributed by atoms with van der Waals surface area (Å²) >= 11 is 0. The van der Waals surface area contributed by atoms with Gasteiger partial charge in [-0.15, -0.1) is 0 Å². The van der Waals surface area contributed by atoms with Crippen molar-refractivity contribution in [2.24, 2.45) is 0 Å². The van der Waals surface area contributed by atoms with Crippen LogP contribution in [0.1, 0.15) is 1.43 Å². The van der Waals surface area contributed by atoms with Crippen LogP contribution >= 0.6 is 0 Å². The van der Waals surface area contributed by atoms with Gasteiger partial charge in [-0.3, -0.25) is 9.08 Å². The predicted octanol–water partition coefficient (Wildman–Crippen LogP) is -4.65. The molecule has 0 unspecified atom stereocenters. The molecule has 2 N–H and O–H groups in total. The van der Waals surface area contributed by atoms with Gasteiger partial charge in [0.05, 0.1) is 19.0 Å². The van der Waals surface area contributed by atoms with Crippen LogP contribution in [0.3, 0.4) is 0 Å². The van der Waals surface area contributed by atoms with Crippen LogP contribution in [0.5, 0.6) is 0 Å². The molecule has 92 valence electrons. The number of rotatable bonds is 6. The van der Waals surface area contributed by atoms with Crippen molar-refractivity contribution < 1.29 is 70.5 Å². The smallest absolute Gasteiger partial charge is 1.00 e. The largest absolute Gasteiger partial charge is 1.00 e. The zero-order valence-corrected chi connectivity index (χ0v) is 13.6. The number of aliphatic hydroxyl groups excluding tert-OH is 1. The van der Waals surface area contributed by atoms with E-state index in [0.29, 0.717) is 6.54 Å². The third kappa shape index (κ3) is 7.69. The van der Waals surface area contributed by atoms with E-state index in [4.69, 9.17) is 5.11 Å². The molecule has 0 radical (unpaired) electrons. The van der Waals surface area contributed by atoms with E-state index in [1.54, 1.807) is 0 Å². The number of hydrogen-bond donors (Lipinski definition) is 2. The monoisotopic (exact) mass is 278 g/mol. The minimum Gasteiger partial charge on any atom is -1.00 e. The first-order valence-corrected chi connectivity index (χ1v) is 6.63. The second kappa shape index (κ2) is 9.37. The van der Waals surface area contributed by atoms with Crippen molar-refractivity contribution in [1.82, 2.24) is 10.2 Å². The standard InChI is InChI=1S/C8H18N2O4S.K.H/c11-6-7-14-15(12,13)8-5-10-3-1-9-2-4-10;;/h9,11H,1-8H2;;/q;+1;-1. The number of nitrogens with zero attached hydrogens (tertiary/aromatic N) is 1. The Morgan fingerprint density at radius 1 is 1.38 bits per heavy atom. The molecule has 0 atom stereocenters. The Morgan fingerprint density at radius 3 is 2.56 bits per heavy atom. The van der Waals surface area contributed by atoms with Crippen molar-refractivity contribution >= 4 is 10.1 Å². The van der Waals surface area contributed by atoms with Crippen molar-refractivity contribution in [1.29, 1.82) is 0 Å². The topological polar surface area (TPSA) is 78.9 Å². The van der Waals surface area contributed by atoms with Crippen molar-refractivity contribution in [3.63, 3.8) is 0 Å². The molecule has 1 heterocycles. The number of aliphatic hydroxyl groups is 1. The van der Waals surface area contributed by atoms with Gasteiger partial charge in [-0.2, -0.15) is 8.42 Å². The van der Waals surface area contributed by atoms with E-state index >= 15 is 0 Å². The van der Waals surface area contributed by atoms with Crippen LogP contribution in [0, 0.1) is 0 Å². The van der Waals surface area contributed by atoms with Gasteiger partial charge < -0.3 is 11.8 Å². The Morgan fingerprint density at radius 2 is 2.00 bits per heavy atom. The maximum Gasteiger partial charge on any atom is 1.00 e. The summed E-state index contributed by atoms with van der Waals surface area (Å²) in [5, 5.41) is 11.6. The van der Waals surface area contributed by atoms with Gasteiger partial charge in [-0.1, -0.05) is 0 Å². The van der Waals surface area contributed by atoms with Crippen LogP contribution in [0.2, 0.25) is 0 Å². The second-order valence-electron chi connectivity index (χ2n) is 3.40. The zero-order valence-electron chi connectivity index (χ0n) is 10.7. The normalized spacial score (nSPS) is 18.1. The Balaban J connectivity index is 0. The van der Waals surface area contributed by atoms with E-state index in [1.807, 2.05) is 0 Å². The molecule has 0 bridgehead atoms.